The molecule has 1 heterocycles. The Morgan fingerprint density at radius 3 is 2.63 bits per heavy atom. The topological polar surface area (TPSA) is 49.4 Å². The van der Waals surface area contributed by atoms with Crippen molar-refractivity contribution in [3.05, 3.63) is 48.0 Å². The van der Waals surface area contributed by atoms with E-state index in [1.165, 1.54) is 4.90 Å². The molecule has 96 valence electrons. The van der Waals surface area contributed by atoms with Crippen molar-refractivity contribution in [2.45, 2.75) is 6.04 Å². The first-order valence-corrected chi connectivity index (χ1v) is 6.18. The Morgan fingerprint density at radius 2 is 1.84 bits per heavy atom. The Balaban J connectivity index is 2.03. The number of benzene rings is 2. The summed E-state index contributed by atoms with van der Waals surface area (Å²) in [6.07, 6.45) is 0. The molecule has 0 saturated carbocycles. The Hall–Kier alpha value is -2.36. The number of likely N-dealkylation sites (N-methyl/N-ethyl adjacent to an activating group) is 1. The SMILES string of the molecule is CN1CC(=O)NC(c2ccc3ccccc3c2)C1=O. The third-order valence-electron chi connectivity index (χ3n) is 3.42. The first kappa shape index (κ1) is 11.7. The largest absolute Gasteiger partial charge is 0.339 e. The molecule has 1 fully saturated rings. The van der Waals surface area contributed by atoms with E-state index in [1.807, 2.05) is 42.5 Å². The van der Waals surface area contributed by atoms with E-state index >= 15 is 0 Å². The summed E-state index contributed by atoms with van der Waals surface area (Å²) < 4.78 is 0. The number of nitrogens with one attached hydrogen (secondary N) is 1. The van der Waals surface area contributed by atoms with Crippen LogP contribution in [0.15, 0.2) is 42.5 Å². The van der Waals surface area contributed by atoms with Crippen molar-refractivity contribution < 1.29 is 9.59 Å². The lowest BCUT2D eigenvalue weighted by atomic mass is 10.00. The van der Waals surface area contributed by atoms with E-state index in [-0.39, 0.29) is 18.4 Å². The highest BCUT2D eigenvalue weighted by Gasteiger charge is 2.31. The zero-order valence-corrected chi connectivity index (χ0v) is 10.6. The summed E-state index contributed by atoms with van der Waals surface area (Å²) in [6.45, 7) is 0.128. The zero-order chi connectivity index (χ0) is 13.4. The third-order valence-corrected chi connectivity index (χ3v) is 3.42. The van der Waals surface area contributed by atoms with Gasteiger partial charge in [-0.05, 0) is 22.4 Å². The number of nitrogens with zero attached hydrogens (tertiary/aromatic N) is 1. The maximum absolute atomic E-state index is 12.1. The van der Waals surface area contributed by atoms with E-state index in [4.69, 9.17) is 0 Å². The number of hydrogen-bond donors (Lipinski definition) is 1. The molecule has 1 aliphatic rings. The van der Waals surface area contributed by atoms with Crippen molar-refractivity contribution in [3.8, 4) is 0 Å². The van der Waals surface area contributed by atoms with Crippen LogP contribution in [0.2, 0.25) is 0 Å². The minimum atomic E-state index is -0.573. The van der Waals surface area contributed by atoms with Crippen LogP contribution in [0, 0.1) is 0 Å². The van der Waals surface area contributed by atoms with E-state index < -0.39 is 6.04 Å². The summed E-state index contributed by atoms with van der Waals surface area (Å²) in [5.74, 6) is -0.199. The molecule has 2 aromatic rings. The van der Waals surface area contributed by atoms with Gasteiger partial charge in [-0.3, -0.25) is 9.59 Å². The minimum Gasteiger partial charge on any atom is -0.339 e. The fourth-order valence-corrected chi connectivity index (χ4v) is 2.40. The molecule has 2 amide bonds. The second-order valence-corrected chi connectivity index (χ2v) is 4.80. The second-order valence-electron chi connectivity index (χ2n) is 4.80. The number of carbonyl (C=O) groups is 2. The van der Waals surface area contributed by atoms with Crippen molar-refractivity contribution in [2.75, 3.05) is 13.6 Å². The number of amides is 2. The van der Waals surface area contributed by atoms with Gasteiger partial charge < -0.3 is 10.2 Å². The summed E-state index contributed by atoms with van der Waals surface area (Å²) in [4.78, 5) is 25.1. The predicted molar refractivity (Wildman–Crippen MR) is 72.5 cm³/mol. The molecular weight excluding hydrogens is 240 g/mol. The first-order chi connectivity index (χ1) is 9.15. The second kappa shape index (κ2) is 4.39. The lowest BCUT2D eigenvalue weighted by Crippen LogP contribution is -2.51. The Kier molecular flexibility index (Phi) is 2.71. The molecule has 3 rings (SSSR count). The highest BCUT2D eigenvalue weighted by Crippen LogP contribution is 2.23. The number of rotatable bonds is 1. The van der Waals surface area contributed by atoms with Crippen LogP contribution in [0.5, 0.6) is 0 Å². The number of fused-ring (bicyclic) bond motifs is 1. The average molecular weight is 254 g/mol. The highest BCUT2D eigenvalue weighted by molar-refractivity contribution is 5.96. The van der Waals surface area contributed by atoms with Crippen LogP contribution in [-0.4, -0.2) is 30.3 Å². The Labute approximate surface area is 111 Å². The molecule has 1 saturated heterocycles. The van der Waals surface area contributed by atoms with Gasteiger partial charge in [-0.2, -0.15) is 0 Å². The molecule has 19 heavy (non-hydrogen) atoms. The molecule has 0 aliphatic carbocycles. The number of carbonyl (C=O) groups excluding carboxylic acids is 2. The third kappa shape index (κ3) is 2.05. The standard InChI is InChI=1S/C15H14N2O2/c1-17-9-13(18)16-14(15(17)19)12-7-6-10-4-2-3-5-11(10)8-12/h2-8,14H,9H2,1H3,(H,16,18). The van der Waals surface area contributed by atoms with Gasteiger partial charge >= 0.3 is 0 Å². The lowest BCUT2D eigenvalue weighted by Gasteiger charge is -2.30. The van der Waals surface area contributed by atoms with Crippen LogP contribution in [0.1, 0.15) is 11.6 Å². The molecule has 2 aromatic carbocycles. The van der Waals surface area contributed by atoms with Gasteiger partial charge in [0.2, 0.25) is 11.8 Å². The van der Waals surface area contributed by atoms with Crippen molar-refractivity contribution in [1.82, 2.24) is 10.2 Å². The van der Waals surface area contributed by atoms with Gasteiger partial charge in [0.15, 0.2) is 0 Å². The summed E-state index contributed by atoms with van der Waals surface area (Å²) in [7, 11) is 1.65. The summed E-state index contributed by atoms with van der Waals surface area (Å²) in [6, 6.07) is 13.2. The Morgan fingerprint density at radius 1 is 1.11 bits per heavy atom. The van der Waals surface area contributed by atoms with Crippen molar-refractivity contribution in [1.29, 1.82) is 0 Å². The monoisotopic (exact) mass is 254 g/mol. The van der Waals surface area contributed by atoms with Gasteiger partial charge in [-0.15, -0.1) is 0 Å². The maximum Gasteiger partial charge on any atom is 0.250 e. The van der Waals surface area contributed by atoms with Crippen molar-refractivity contribution in [2.24, 2.45) is 0 Å². The summed E-state index contributed by atoms with van der Waals surface area (Å²) in [5, 5.41) is 4.93. The summed E-state index contributed by atoms with van der Waals surface area (Å²) in [5.41, 5.74) is 0.823. The van der Waals surface area contributed by atoms with Crippen LogP contribution in [0.4, 0.5) is 0 Å². The molecule has 1 aliphatic heterocycles. The van der Waals surface area contributed by atoms with Crippen molar-refractivity contribution >= 4 is 22.6 Å². The van der Waals surface area contributed by atoms with Crippen LogP contribution in [-0.2, 0) is 9.59 Å². The molecule has 4 nitrogen and oxygen atoms in total. The van der Waals surface area contributed by atoms with E-state index in [2.05, 4.69) is 5.32 Å². The molecule has 1 unspecified atom stereocenters. The zero-order valence-electron chi connectivity index (χ0n) is 10.6. The van der Waals surface area contributed by atoms with Gasteiger partial charge in [-0.1, -0.05) is 36.4 Å². The molecule has 0 radical (unpaired) electrons. The van der Waals surface area contributed by atoms with Crippen LogP contribution < -0.4 is 5.32 Å². The maximum atomic E-state index is 12.1. The van der Waals surface area contributed by atoms with E-state index in [1.54, 1.807) is 7.05 Å². The lowest BCUT2D eigenvalue weighted by molar-refractivity contribution is -0.143. The van der Waals surface area contributed by atoms with Crippen LogP contribution in [0.25, 0.3) is 10.8 Å². The van der Waals surface area contributed by atoms with E-state index in [0.717, 1.165) is 16.3 Å². The van der Waals surface area contributed by atoms with Gasteiger partial charge in [0.1, 0.15) is 6.04 Å². The van der Waals surface area contributed by atoms with Gasteiger partial charge in [0, 0.05) is 7.05 Å². The molecule has 0 bridgehead atoms. The number of hydrogen-bond acceptors (Lipinski definition) is 2. The number of piperazine rings is 1. The molecular formula is C15H14N2O2. The molecule has 1 atom stereocenters. The van der Waals surface area contributed by atoms with Gasteiger partial charge in [0.25, 0.3) is 0 Å². The predicted octanol–water partition coefficient (Wildman–Crippen LogP) is 1.47. The van der Waals surface area contributed by atoms with Crippen LogP contribution in [0.3, 0.4) is 0 Å². The fraction of sp³-hybridized carbons (Fsp3) is 0.200. The fourth-order valence-electron chi connectivity index (χ4n) is 2.40. The Bertz CT molecular complexity index is 666. The average Bonchev–Trinajstić information content (AvgIpc) is 2.42. The normalized spacial score (nSPS) is 19.6. The molecule has 4 heteroatoms. The van der Waals surface area contributed by atoms with E-state index in [9.17, 15) is 9.59 Å². The van der Waals surface area contributed by atoms with Crippen molar-refractivity contribution in [3.63, 3.8) is 0 Å². The van der Waals surface area contributed by atoms with Gasteiger partial charge in [-0.25, -0.2) is 0 Å². The smallest absolute Gasteiger partial charge is 0.250 e. The highest BCUT2D eigenvalue weighted by atomic mass is 16.2. The molecule has 0 aromatic heterocycles. The van der Waals surface area contributed by atoms with Gasteiger partial charge in [0.05, 0.1) is 6.54 Å². The minimum absolute atomic E-state index is 0.0742. The quantitative estimate of drug-likeness (QED) is 0.837. The summed E-state index contributed by atoms with van der Waals surface area (Å²) >= 11 is 0. The van der Waals surface area contributed by atoms with Crippen LogP contribution >= 0.6 is 0 Å². The first-order valence-electron chi connectivity index (χ1n) is 6.18. The molecule has 0 spiro atoms. The van der Waals surface area contributed by atoms with E-state index in [0.29, 0.717) is 0 Å². The molecule has 1 N–H and O–H groups in total.